The van der Waals surface area contributed by atoms with Gasteiger partial charge >= 0.3 is 0 Å². The average Bonchev–Trinajstić information content (AvgIpc) is 2.13. The van der Waals surface area contributed by atoms with Crippen molar-refractivity contribution >= 4 is 0 Å². The van der Waals surface area contributed by atoms with Crippen LogP contribution in [0.15, 0.2) is 0 Å². The molecule has 46 valence electrons. The number of aliphatic hydroxyl groups is 1. The van der Waals surface area contributed by atoms with Crippen molar-refractivity contribution in [3.05, 3.63) is 0 Å². The van der Waals surface area contributed by atoms with Crippen LogP contribution >= 0.6 is 0 Å². The molecule has 0 spiro atoms. The van der Waals surface area contributed by atoms with Gasteiger partial charge in [0, 0.05) is 0 Å². The van der Waals surface area contributed by atoms with Gasteiger partial charge in [0.2, 0.25) is 0 Å². The van der Waals surface area contributed by atoms with E-state index in [-0.39, 0.29) is 6.10 Å². The Kier molecular flexibility index (Phi) is 0.762. The minimum absolute atomic E-state index is 0.0648. The van der Waals surface area contributed by atoms with E-state index in [2.05, 4.69) is 6.92 Å². The van der Waals surface area contributed by atoms with Crippen LogP contribution in [-0.2, 0) is 0 Å². The Balaban J connectivity index is 2.07. The molecule has 2 aliphatic rings. The fraction of sp³-hybridized carbons (Fsp3) is 1.00. The zero-order chi connectivity index (χ0) is 5.72. The normalized spacial score (nSPS) is 60.8. The molecule has 4 atom stereocenters. The van der Waals surface area contributed by atoms with E-state index in [9.17, 15) is 5.11 Å². The quantitative estimate of drug-likeness (QED) is 0.496. The number of hydrogen-bond acceptors (Lipinski definition) is 1. The maximum atomic E-state index is 9.21. The van der Waals surface area contributed by atoms with E-state index in [0.29, 0.717) is 5.92 Å². The summed E-state index contributed by atoms with van der Waals surface area (Å²) in [5, 5.41) is 9.21. The van der Waals surface area contributed by atoms with Crippen LogP contribution < -0.4 is 0 Å². The molecule has 0 saturated heterocycles. The second kappa shape index (κ2) is 1.27. The third kappa shape index (κ3) is 0.408. The van der Waals surface area contributed by atoms with E-state index in [4.69, 9.17) is 0 Å². The SMILES string of the molecule is C[C@H]1C2CCC(O)C21. The maximum absolute atomic E-state index is 9.21. The zero-order valence-corrected chi connectivity index (χ0v) is 5.17. The fourth-order valence-corrected chi connectivity index (χ4v) is 2.23. The Labute approximate surface area is 49.7 Å². The molecule has 0 aliphatic heterocycles. The van der Waals surface area contributed by atoms with Crippen LogP contribution in [0.2, 0.25) is 0 Å². The van der Waals surface area contributed by atoms with Gasteiger partial charge in [0.05, 0.1) is 6.10 Å². The number of fused-ring (bicyclic) bond motifs is 1. The third-order valence-electron chi connectivity index (χ3n) is 2.88. The van der Waals surface area contributed by atoms with E-state index in [1.54, 1.807) is 0 Å². The van der Waals surface area contributed by atoms with E-state index in [0.717, 1.165) is 18.3 Å². The van der Waals surface area contributed by atoms with Gasteiger partial charge in [0.25, 0.3) is 0 Å². The summed E-state index contributed by atoms with van der Waals surface area (Å²) in [5.74, 6) is 2.46. The van der Waals surface area contributed by atoms with Gasteiger partial charge in [-0.2, -0.15) is 0 Å². The first-order valence-electron chi connectivity index (χ1n) is 3.49. The highest BCUT2D eigenvalue weighted by Crippen LogP contribution is 2.56. The molecule has 0 heterocycles. The molecule has 3 unspecified atom stereocenters. The first-order chi connectivity index (χ1) is 3.80. The van der Waals surface area contributed by atoms with Gasteiger partial charge in [-0.05, 0) is 30.6 Å². The van der Waals surface area contributed by atoms with Gasteiger partial charge < -0.3 is 5.11 Å². The van der Waals surface area contributed by atoms with E-state index < -0.39 is 0 Å². The molecule has 2 aliphatic carbocycles. The predicted octanol–water partition coefficient (Wildman–Crippen LogP) is 1.02. The molecule has 0 radical (unpaired) electrons. The van der Waals surface area contributed by atoms with Gasteiger partial charge in [0.1, 0.15) is 0 Å². The highest BCUT2D eigenvalue weighted by Gasteiger charge is 2.54. The molecule has 1 N–H and O–H groups in total. The summed E-state index contributed by atoms with van der Waals surface area (Å²) >= 11 is 0. The van der Waals surface area contributed by atoms with Crippen molar-refractivity contribution in [3.63, 3.8) is 0 Å². The van der Waals surface area contributed by atoms with Gasteiger partial charge in [0.15, 0.2) is 0 Å². The van der Waals surface area contributed by atoms with Crippen LogP contribution in [0.1, 0.15) is 19.8 Å². The second-order valence-corrected chi connectivity index (χ2v) is 3.25. The Morgan fingerprint density at radius 3 is 2.38 bits per heavy atom. The monoisotopic (exact) mass is 112 g/mol. The summed E-state index contributed by atoms with van der Waals surface area (Å²) < 4.78 is 0. The molecule has 2 fully saturated rings. The van der Waals surface area contributed by atoms with Crippen molar-refractivity contribution in [1.82, 2.24) is 0 Å². The van der Waals surface area contributed by atoms with Crippen molar-refractivity contribution in [3.8, 4) is 0 Å². The van der Waals surface area contributed by atoms with Crippen molar-refractivity contribution in [2.24, 2.45) is 17.8 Å². The van der Waals surface area contributed by atoms with E-state index in [1.807, 2.05) is 0 Å². The summed E-state index contributed by atoms with van der Waals surface area (Å²) in [6.07, 6.45) is 2.42. The zero-order valence-electron chi connectivity index (χ0n) is 5.17. The minimum Gasteiger partial charge on any atom is -0.393 e. The Morgan fingerprint density at radius 2 is 2.12 bits per heavy atom. The predicted molar refractivity (Wildman–Crippen MR) is 31.4 cm³/mol. The van der Waals surface area contributed by atoms with Crippen molar-refractivity contribution < 1.29 is 5.11 Å². The number of aliphatic hydroxyl groups excluding tert-OH is 1. The third-order valence-corrected chi connectivity index (χ3v) is 2.88. The molecule has 8 heavy (non-hydrogen) atoms. The maximum Gasteiger partial charge on any atom is 0.0573 e. The standard InChI is InChI=1S/C7H12O/c1-4-5-2-3-6(8)7(4)5/h4-8H,2-3H2,1H3/t4-,5?,6?,7?/m0/s1. The first-order valence-corrected chi connectivity index (χ1v) is 3.49. The lowest BCUT2D eigenvalue weighted by Gasteiger charge is -2.01. The lowest BCUT2D eigenvalue weighted by molar-refractivity contribution is 0.152. The largest absolute Gasteiger partial charge is 0.393 e. The number of hydrogen-bond donors (Lipinski definition) is 1. The summed E-state index contributed by atoms with van der Waals surface area (Å²) in [5.41, 5.74) is 0. The Morgan fingerprint density at radius 1 is 1.38 bits per heavy atom. The van der Waals surface area contributed by atoms with Crippen LogP contribution in [0.4, 0.5) is 0 Å². The molecular weight excluding hydrogens is 100 g/mol. The summed E-state index contributed by atoms with van der Waals surface area (Å²) in [6, 6.07) is 0. The van der Waals surface area contributed by atoms with Gasteiger partial charge in [-0.1, -0.05) is 6.92 Å². The topological polar surface area (TPSA) is 20.2 Å². The van der Waals surface area contributed by atoms with Gasteiger partial charge in [-0.15, -0.1) is 0 Å². The highest BCUT2D eigenvalue weighted by molar-refractivity contribution is 5.03. The van der Waals surface area contributed by atoms with E-state index >= 15 is 0 Å². The van der Waals surface area contributed by atoms with Crippen LogP contribution in [0, 0.1) is 17.8 Å². The van der Waals surface area contributed by atoms with Gasteiger partial charge in [-0.3, -0.25) is 0 Å². The second-order valence-electron chi connectivity index (χ2n) is 3.25. The molecule has 1 heteroatoms. The smallest absolute Gasteiger partial charge is 0.0573 e. The molecule has 0 aromatic heterocycles. The van der Waals surface area contributed by atoms with Crippen LogP contribution in [-0.4, -0.2) is 11.2 Å². The summed E-state index contributed by atoms with van der Waals surface area (Å²) in [7, 11) is 0. The fourth-order valence-electron chi connectivity index (χ4n) is 2.23. The summed E-state index contributed by atoms with van der Waals surface area (Å²) in [6.45, 7) is 2.25. The lowest BCUT2D eigenvalue weighted by Crippen LogP contribution is -2.05. The molecule has 0 bridgehead atoms. The first kappa shape index (κ1) is 4.80. The molecule has 2 saturated carbocycles. The van der Waals surface area contributed by atoms with Gasteiger partial charge in [-0.25, -0.2) is 0 Å². The minimum atomic E-state index is 0.0648. The van der Waals surface area contributed by atoms with Crippen molar-refractivity contribution in [1.29, 1.82) is 0 Å². The van der Waals surface area contributed by atoms with E-state index in [1.165, 1.54) is 6.42 Å². The Bertz CT molecular complexity index is 109. The van der Waals surface area contributed by atoms with Crippen LogP contribution in [0.25, 0.3) is 0 Å². The molecule has 1 nitrogen and oxygen atoms in total. The van der Waals surface area contributed by atoms with Crippen molar-refractivity contribution in [2.45, 2.75) is 25.9 Å². The Hall–Kier alpha value is -0.0400. The molecular formula is C7H12O. The van der Waals surface area contributed by atoms with Crippen molar-refractivity contribution in [2.75, 3.05) is 0 Å². The molecule has 0 aromatic carbocycles. The van der Waals surface area contributed by atoms with Crippen LogP contribution in [0.5, 0.6) is 0 Å². The molecule has 2 rings (SSSR count). The molecule has 0 amide bonds. The summed E-state index contributed by atoms with van der Waals surface area (Å²) in [4.78, 5) is 0. The lowest BCUT2D eigenvalue weighted by atomic mass is 10.1. The highest BCUT2D eigenvalue weighted by atomic mass is 16.3. The number of rotatable bonds is 0. The molecule has 0 aromatic rings. The average molecular weight is 112 g/mol. The van der Waals surface area contributed by atoms with Crippen LogP contribution in [0.3, 0.4) is 0 Å².